The van der Waals surface area contributed by atoms with E-state index in [9.17, 15) is 0 Å². The summed E-state index contributed by atoms with van der Waals surface area (Å²) in [6, 6.07) is 0. The molecule has 0 heterocycles. The Morgan fingerprint density at radius 3 is 2.18 bits per heavy atom. The normalized spacial score (nSPS) is 11.3. The number of hydrogen-bond acceptors (Lipinski definition) is 3. The highest BCUT2D eigenvalue weighted by Crippen LogP contribution is 2.07. The fraction of sp³-hybridized carbons (Fsp3) is 1.00. The second kappa shape index (κ2) is 13.9. The van der Waals surface area contributed by atoms with Gasteiger partial charge in [0.25, 0.3) is 0 Å². The van der Waals surface area contributed by atoms with Crippen molar-refractivity contribution in [3.05, 3.63) is 0 Å². The lowest BCUT2D eigenvalue weighted by atomic mass is 10.1. The van der Waals surface area contributed by atoms with E-state index >= 15 is 0 Å². The molecule has 0 aromatic carbocycles. The van der Waals surface area contributed by atoms with Crippen molar-refractivity contribution < 1.29 is 9.84 Å². The lowest BCUT2D eigenvalue weighted by Gasteiger charge is -2.16. The van der Waals surface area contributed by atoms with Gasteiger partial charge in [0, 0.05) is 6.54 Å². The largest absolute Gasteiger partial charge is 0.394 e. The van der Waals surface area contributed by atoms with Crippen molar-refractivity contribution in [2.75, 3.05) is 40.0 Å². The van der Waals surface area contributed by atoms with Crippen molar-refractivity contribution >= 4 is 0 Å². The van der Waals surface area contributed by atoms with E-state index in [0.717, 1.165) is 19.7 Å². The molecule has 0 saturated heterocycles. The van der Waals surface area contributed by atoms with Gasteiger partial charge in [-0.1, -0.05) is 45.4 Å². The van der Waals surface area contributed by atoms with Gasteiger partial charge in [-0.05, 0) is 20.0 Å². The van der Waals surface area contributed by atoms with Crippen LogP contribution in [-0.4, -0.2) is 50.0 Å². The summed E-state index contributed by atoms with van der Waals surface area (Å²) in [6.07, 6.45) is 9.56. The van der Waals surface area contributed by atoms with Crippen LogP contribution >= 0.6 is 0 Å². The van der Waals surface area contributed by atoms with Crippen molar-refractivity contribution in [2.24, 2.45) is 0 Å². The standard InChI is InChI=1S/C14H31NO2/c1-3-4-5-6-7-8-9-10-15(2)11-13-17-14-12-16/h16H,3-14H2,1-2H3. The first kappa shape index (κ1) is 16.9. The highest BCUT2D eigenvalue weighted by atomic mass is 16.5. The SMILES string of the molecule is CCCCCCCCCN(C)CCOCCO. The van der Waals surface area contributed by atoms with Gasteiger partial charge in [-0.15, -0.1) is 0 Å². The van der Waals surface area contributed by atoms with E-state index in [0.29, 0.717) is 6.61 Å². The number of likely N-dealkylation sites (N-methyl/N-ethyl adjacent to an activating group) is 1. The molecule has 3 nitrogen and oxygen atoms in total. The summed E-state index contributed by atoms with van der Waals surface area (Å²) in [4.78, 5) is 2.31. The van der Waals surface area contributed by atoms with E-state index in [1.165, 1.54) is 44.9 Å². The molecule has 0 aromatic heterocycles. The summed E-state index contributed by atoms with van der Waals surface area (Å²) in [5.41, 5.74) is 0. The topological polar surface area (TPSA) is 32.7 Å². The molecule has 0 unspecified atom stereocenters. The van der Waals surface area contributed by atoms with Crippen molar-refractivity contribution in [3.8, 4) is 0 Å². The zero-order valence-electron chi connectivity index (χ0n) is 11.8. The van der Waals surface area contributed by atoms with Gasteiger partial charge >= 0.3 is 0 Å². The van der Waals surface area contributed by atoms with Gasteiger partial charge in [0.05, 0.1) is 19.8 Å². The molecule has 1 N–H and O–H groups in total. The predicted octanol–water partition coefficient (Wildman–Crippen LogP) is 2.68. The van der Waals surface area contributed by atoms with Crippen LogP contribution in [0.25, 0.3) is 0 Å². The maximum atomic E-state index is 8.55. The van der Waals surface area contributed by atoms with Gasteiger partial charge in [-0.2, -0.15) is 0 Å². The second-order valence-electron chi connectivity index (χ2n) is 4.76. The molecule has 104 valence electrons. The maximum Gasteiger partial charge on any atom is 0.0698 e. The summed E-state index contributed by atoms with van der Waals surface area (Å²) in [7, 11) is 2.14. The molecule has 0 aromatic rings. The molecule has 0 bridgehead atoms. The molecule has 0 aliphatic rings. The van der Waals surface area contributed by atoms with Gasteiger partial charge in [0.1, 0.15) is 0 Å². The smallest absolute Gasteiger partial charge is 0.0698 e. The summed E-state index contributed by atoms with van der Waals surface area (Å²) in [5.74, 6) is 0. The van der Waals surface area contributed by atoms with E-state index in [2.05, 4.69) is 18.9 Å². The fourth-order valence-electron chi connectivity index (χ4n) is 1.84. The summed E-state index contributed by atoms with van der Waals surface area (Å²) >= 11 is 0. The molecule has 0 fully saturated rings. The molecule has 0 spiro atoms. The highest BCUT2D eigenvalue weighted by Gasteiger charge is 1.98. The predicted molar refractivity (Wildman–Crippen MR) is 73.4 cm³/mol. The van der Waals surface area contributed by atoms with Crippen molar-refractivity contribution in [3.63, 3.8) is 0 Å². The van der Waals surface area contributed by atoms with Crippen LogP contribution in [0.1, 0.15) is 51.9 Å². The van der Waals surface area contributed by atoms with Gasteiger partial charge in [0.15, 0.2) is 0 Å². The third-order valence-corrected chi connectivity index (χ3v) is 3.00. The minimum absolute atomic E-state index is 0.126. The van der Waals surface area contributed by atoms with E-state index in [-0.39, 0.29) is 6.61 Å². The minimum atomic E-state index is 0.126. The number of nitrogens with zero attached hydrogens (tertiary/aromatic N) is 1. The van der Waals surface area contributed by atoms with Crippen LogP contribution in [0.2, 0.25) is 0 Å². The lowest BCUT2D eigenvalue weighted by molar-refractivity contribution is 0.0781. The molecule has 0 amide bonds. The number of hydrogen-bond donors (Lipinski definition) is 1. The molecule has 0 rings (SSSR count). The number of rotatable bonds is 13. The van der Waals surface area contributed by atoms with E-state index in [4.69, 9.17) is 9.84 Å². The van der Waals surface area contributed by atoms with Gasteiger partial charge in [0.2, 0.25) is 0 Å². The summed E-state index contributed by atoms with van der Waals surface area (Å²) in [5, 5.41) is 8.55. The summed E-state index contributed by atoms with van der Waals surface area (Å²) in [6.45, 7) is 5.71. The molecule has 0 atom stereocenters. The molecule has 17 heavy (non-hydrogen) atoms. The minimum Gasteiger partial charge on any atom is -0.394 e. The third kappa shape index (κ3) is 13.8. The molecule has 0 aliphatic heterocycles. The Hall–Kier alpha value is -0.120. The van der Waals surface area contributed by atoms with E-state index < -0.39 is 0 Å². The molecule has 0 saturated carbocycles. The number of aliphatic hydroxyl groups is 1. The number of ether oxygens (including phenoxy) is 1. The Bertz CT molecular complexity index is 142. The quantitative estimate of drug-likeness (QED) is 0.506. The second-order valence-corrected chi connectivity index (χ2v) is 4.76. The summed E-state index contributed by atoms with van der Waals surface area (Å²) < 4.78 is 5.23. The monoisotopic (exact) mass is 245 g/mol. The Morgan fingerprint density at radius 1 is 0.882 bits per heavy atom. The van der Waals surface area contributed by atoms with Crippen LogP contribution in [0.4, 0.5) is 0 Å². The Morgan fingerprint density at radius 2 is 1.53 bits per heavy atom. The fourth-order valence-corrected chi connectivity index (χ4v) is 1.84. The average Bonchev–Trinajstić information content (AvgIpc) is 2.33. The molecular formula is C14H31NO2. The van der Waals surface area contributed by atoms with E-state index in [1.807, 2.05) is 0 Å². The Labute approximate surface area is 107 Å². The van der Waals surface area contributed by atoms with Crippen LogP contribution in [0.15, 0.2) is 0 Å². The third-order valence-electron chi connectivity index (χ3n) is 3.00. The van der Waals surface area contributed by atoms with Gasteiger partial charge < -0.3 is 14.7 Å². The van der Waals surface area contributed by atoms with E-state index in [1.54, 1.807) is 0 Å². The van der Waals surface area contributed by atoms with Crippen LogP contribution < -0.4 is 0 Å². The first-order valence-corrected chi connectivity index (χ1v) is 7.18. The highest BCUT2D eigenvalue weighted by molar-refractivity contribution is 4.52. The zero-order valence-corrected chi connectivity index (χ0v) is 11.8. The van der Waals surface area contributed by atoms with Crippen molar-refractivity contribution in [2.45, 2.75) is 51.9 Å². The number of unbranched alkanes of at least 4 members (excludes halogenated alkanes) is 6. The van der Waals surface area contributed by atoms with Crippen LogP contribution in [0, 0.1) is 0 Å². The average molecular weight is 245 g/mol. The van der Waals surface area contributed by atoms with Crippen molar-refractivity contribution in [1.82, 2.24) is 4.90 Å². The molecule has 3 heteroatoms. The maximum absolute atomic E-state index is 8.55. The first-order valence-electron chi connectivity index (χ1n) is 7.18. The lowest BCUT2D eigenvalue weighted by Crippen LogP contribution is -2.24. The number of aliphatic hydroxyl groups excluding tert-OH is 1. The Kier molecular flexibility index (Phi) is 13.8. The van der Waals surface area contributed by atoms with Crippen LogP contribution in [0.5, 0.6) is 0 Å². The molecular weight excluding hydrogens is 214 g/mol. The van der Waals surface area contributed by atoms with Crippen LogP contribution in [-0.2, 0) is 4.74 Å². The Balaban J connectivity index is 3.08. The van der Waals surface area contributed by atoms with Crippen molar-refractivity contribution in [1.29, 1.82) is 0 Å². The molecule has 0 radical (unpaired) electrons. The van der Waals surface area contributed by atoms with Gasteiger partial charge in [-0.3, -0.25) is 0 Å². The van der Waals surface area contributed by atoms with Gasteiger partial charge in [-0.25, -0.2) is 0 Å². The zero-order chi connectivity index (χ0) is 12.8. The van der Waals surface area contributed by atoms with Crippen LogP contribution in [0.3, 0.4) is 0 Å². The first-order chi connectivity index (χ1) is 8.31. The molecule has 0 aliphatic carbocycles.